The SMILES string of the molecule is Fc1c(Cl)cccc1OCc1cccc(Br)c1. The normalized spacial score (nSPS) is 10.3. The van der Waals surface area contributed by atoms with E-state index < -0.39 is 5.82 Å². The van der Waals surface area contributed by atoms with Gasteiger partial charge in [0.15, 0.2) is 11.6 Å². The van der Waals surface area contributed by atoms with Crippen LogP contribution in [-0.2, 0) is 6.61 Å². The molecule has 0 heterocycles. The monoisotopic (exact) mass is 314 g/mol. The second-order valence-corrected chi connectivity index (χ2v) is 4.79. The standard InChI is InChI=1S/C13H9BrClFO/c14-10-4-1-3-9(7-10)8-17-12-6-2-5-11(15)13(12)16/h1-7H,8H2. The van der Waals surface area contributed by atoms with E-state index in [0.717, 1.165) is 10.0 Å². The maximum absolute atomic E-state index is 13.5. The van der Waals surface area contributed by atoms with Gasteiger partial charge in [0.25, 0.3) is 0 Å². The van der Waals surface area contributed by atoms with Gasteiger partial charge in [0.2, 0.25) is 0 Å². The van der Waals surface area contributed by atoms with E-state index in [2.05, 4.69) is 15.9 Å². The highest BCUT2D eigenvalue weighted by Crippen LogP contribution is 2.25. The summed E-state index contributed by atoms with van der Waals surface area (Å²) >= 11 is 9.02. The summed E-state index contributed by atoms with van der Waals surface area (Å²) in [6.45, 7) is 0.302. The van der Waals surface area contributed by atoms with Gasteiger partial charge in [-0.1, -0.05) is 45.7 Å². The molecule has 0 aliphatic rings. The number of halogens is 3. The van der Waals surface area contributed by atoms with Gasteiger partial charge in [0.1, 0.15) is 6.61 Å². The first-order valence-corrected chi connectivity index (χ1v) is 6.15. The number of ether oxygens (including phenoxy) is 1. The molecule has 1 nitrogen and oxygen atoms in total. The Morgan fingerprint density at radius 2 is 1.94 bits per heavy atom. The van der Waals surface area contributed by atoms with Crippen LogP contribution in [0, 0.1) is 5.82 Å². The van der Waals surface area contributed by atoms with Crippen LogP contribution in [0.5, 0.6) is 5.75 Å². The molecule has 0 N–H and O–H groups in total. The van der Waals surface area contributed by atoms with Gasteiger partial charge in [-0.15, -0.1) is 0 Å². The Labute approximate surface area is 112 Å². The van der Waals surface area contributed by atoms with Crippen LogP contribution in [0.2, 0.25) is 5.02 Å². The van der Waals surface area contributed by atoms with E-state index in [1.54, 1.807) is 12.1 Å². The quantitative estimate of drug-likeness (QED) is 0.789. The summed E-state index contributed by atoms with van der Waals surface area (Å²) in [6, 6.07) is 12.3. The lowest BCUT2D eigenvalue weighted by Crippen LogP contribution is -1.97. The molecule has 0 spiro atoms. The maximum atomic E-state index is 13.5. The minimum Gasteiger partial charge on any atom is -0.486 e. The molecule has 2 rings (SSSR count). The Kier molecular flexibility index (Phi) is 4.02. The van der Waals surface area contributed by atoms with Crippen molar-refractivity contribution in [3.8, 4) is 5.75 Å². The molecule has 0 fully saturated rings. The van der Waals surface area contributed by atoms with E-state index in [9.17, 15) is 4.39 Å². The van der Waals surface area contributed by atoms with Gasteiger partial charge in [0, 0.05) is 4.47 Å². The Balaban J connectivity index is 2.10. The van der Waals surface area contributed by atoms with E-state index in [1.165, 1.54) is 6.07 Å². The fourth-order valence-corrected chi connectivity index (χ4v) is 2.00. The second kappa shape index (κ2) is 5.52. The van der Waals surface area contributed by atoms with E-state index in [1.807, 2.05) is 24.3 Å². The Morgan fingerprint density at radius 3 is 2.71 bits per heavy atom. The lowest BCUT2D eigenvalue weighted by atomic mass is 10.2. The van der Waals surface area contributed by atoms with Crippen LogP contribution in [0.4, 0.5) is 4.39 Å². The summed E-state index contributed by atoms with van der Waals surface area (Å²) in [5, 5.41) is 0.0664. The van der Waals surface area contributed by atoms with Gasteiger partial charge >= 0.3 is 0 Å². The average Bonchev–Trinajstić information content (AvgIpc) is 2.31. The Bertz CT molecular complexity index is 531. The molecular formula is C13H9BrClFO. The summed E-state index contributed by atoms with van der Waals surface area (Å²) < 4.78 is 19.9. The Hall–Kier alpha value is -1.06. The summed E-state index contributed by atoms with van der Waals surface area (Å²) in [4.78, 5) is 0. The van der Waals surface area contributed by atoms with Gasteiger partial charge in [0.05, 0.1) is 5.02 Å². The van der Waals surface area contributed by atoms with Crippen LogP contribution in [0.3, 0.4) is 0 Å². The molecule has 17 heavy (non-hydrogen) atoms. The van der Waals surface area contributed by atoms with Crippen LogP contribution in [0.25, 0.3) is 0 Å². The van der Waals surface area contributed by atoms with Crippen molar-refractivity contribution < 1.29 is 9.13 Å². The van der Waals surface area contributed by atoms with Crippen molar-refractivity contribution in [1.29, 1.82) is 0 Å². The molecule has 88 valence electrons. The molecule has 0 radical (unpaired) electrons. The molecule has 0 saturated carbocycles. The smallest absolute Gasteiger partial charge is 0.183 e. The molecule has 0 aliphatic heterocycles. The fourth-order valence-electron chi connectivity index (χ4n) is 1.38. The largest absolute Gasteiger partial charge is 0.486 e. The molecule has 0 bridgehead atoms. The average molecular weight is 316 g/mol. The zero-order valence-corrected chi connectivity index (χ0v) is 11.1. The highest BCUT2D eigenvalue weighted by Gasteiger charge is 2.07. The molecule has 0 atom stereocenters. The number of benzene rings is 2. The van der Waals surface area contributed by atoms with Crippen LogP contribution >= 0.6 is 27.5 Å². The van der Waals surface area contributed by atoms with Crippen molar-refractivity contribution in [2.75, 3.05) is 0 Å². The minimum absolute atomic E-state index is 0.0664. The van der Waals surface area contributed by atoms with Crippen molar-refractivity contribution in [3.63, 3.8) is 0 Å². The van der Waals surface area contributed by atoms with Gasteiger partial charge in [-0.25, -0.2) is 4.39 Å². The molecule has 0 saturated heterocycles. The lowest BCUT2D eigenvalue weighted by Gasteiger charge is -2.08. The van der Waals surface area contributed by atoms with Crippen LogP contribution in [0.1, 0.15) is 5.56 Å². The highest BCUT2D eigenvalue weighted by molar-refractivity contribution is 9.10. The Morgan fingerprint density at radius 1 is 1.18 bits per heavy atom. The zero-order valence-electron chi connectivity index (χ0n) is 8.79. The molecule has 0 aliphatic carbocycles. The topological polar surface area (TPSA) is 9.23 Å². The third-order valence-electron chi connectivity index (χ3n) is 2.20. The predicted octanol–water partition coefficient (Wildman–Crippen LogP) is 4.82. The first-order chi connectivity index (χ1) is 8.16. The van der Waals surface area contributed by atoms with Crippen molar-refractivity contribution >= 4 is 27.5 Å². The van der Waals surface area contributed by atoms with Crippen molar-refractivity contribution in [2.45, 2.75) is 6.61 Å². The molecule has 0 unspecified atom stereocenters. The van der Waals surface area contributed by atoms with Crippen LogP contribution < -0.4 is 4.74 Å². The van der Waals surface area contributed by atoms with E-state index in [-0.39, 0.29) is 10.8 Å². The third-order valence-corrected chi connectivity index (χ3v) is 2.98. The summed E-state index contributed by atoms with van der Waals surface area (Å²) in [7, 11) is 0. The minimum atomic E-state index is -0.524. The zero-order chi connectivity index (χ0) is 12.3. The second-order valence-electron chi connectivity index (χ2n) is 3.47. The fraction of sp³-hybridized carbons (Fsp3) is 0.0769. The molecule has 2 aromatic carbocycles. The molecule has 0 amide bonds. The molecule has 2 aromatic rings. The van der Waals surface area contributed by atoms with Gasteiger partial charge in [-0.3, -0.25) is 0 Å². The predicted molar refractivity (Wildman–Crippen MR) is 69.9 cm³/mol. The highest BCUT2D eigenvalue weighted by atomic mass is 79.9. The molecular weight excluding hydrogens is 306 g/mol. The van der Waals surface area contributed by atoms with Crippen molar-refractivity contribution in [3.05, 3.63) is 63.3 Å². The number of hydrogen-bond acceptors (Lipinski definition) is 1. The third kappa shape index (κ3) is 3.20. The number of hydrogen-bond donors (Lipinski definition) is 0. The van der Waals surface area contributed by atoms with Crippen LogP contribution in [-0.4, -0.2) is 0 Å². The van der Waals surface area contributed by atoms with Crippen molar-refractivity contribution in [2.24, 2.45) is 0 Å². The van der Waals surface area contributed by atoms with Gasteiger partial charge in [-0.2, -0.15) is 0 Å². The summed E-state index contributed by atoms with van der Waals surface area (Å²) in [5.41, 5.74) is 0.957. The summed E-state index contributed by atoms with van der Waals surface area (Å²) in [5.74, 6) is -0.360. The van der Waals surface area contributed by atoms with Gasteiger partial charge < -0.3 is 4.74 Å². The van der Waals surface area contributed by atoms with E-state index in [0.29, 0.717) is 6.61 Å². The van der Waals surface area contributed by atoms with Crippen LogP contribution in [0.15, 0.2) is 46.9 Å². The number of rotatable bonds is 3. The first kappa shape index (κ1) is 12.4. The maximum Gasteiger partial charge on any atom is 0.183 e. The van der Waals surface area contributed by atoms with Gasteiger partial charge in [-0.05, 0) is 29.8 Å². The molecule has 0 aromatic heterocycles. The lowest BCUT2D eigenvalue weighted by molar-refractivity contribution is 0.290. The van der Waals surface area contributed by atoms with E-state index >= 15 is 0 Å². The summed E-state index contributed by atoms with van der Waals surface area (Å²) in [6.07, 6.45) is 0. The van der Waals surface area contributed by atoms with E-state index in [4.69, 9.17) is 16.3 Å². The first-order valence-electron chi connectivity index (χ1n) is 4.98. The van der Waals surface area contributed by atoms with Crippen molar-refractivity contribution in [1.82, 2.24) is 0 Å². The molecule has 4 heteroatoms.